The van der Waals surface area contributed by atoms with Crippen molar-refractivity contribution >= 4 is 23.5 Å². The SMILES string of the molecule is C=Cc1ccccn1.C=Cc1nccs1. The van der Waals surface area contributed by atoms with Gasteiger partial charge in [-0.3, -0.25) is 4.98 Å². The normalized spacial score (nSPS) is 8.53. The first-order valence-corrected chi connectivity index (χ1v) is 5.30. The summed E-state index contributed by atoms with van der Waals surface area (Å²) in [4.78, 5) is 7.91. The van der Waals surface area contributed by atoms with E-state index in [4.69, 9.17) is 0 Å². The van der Waals surface area contributed by atoms with Crippen LogP contribution in [0.15, 0.2) is 49.1 Å². The van der Waals surface area contributed by atoms with Crippen molar-refractivity contribution in [1.29, 1.82) is 0 Å². The fourth-order valence-corrected chi connectivity index (χ4v) is 1.31. The van der Waals surface area contributed by atoms with Gasteiger partial charge >= 0.3 is 0 Å². The minimum Gasteiger partial charge on any atom is -0.257 e. The van der Waals surface area contributed by atoms with E-state index in [1.807, 2.05) is 23.6 Å². The van der Waals surface area contributed by atoms with E-state index in [0.29, 0.717) is 0 Å². The maximum Gasteiger partial charge on any atom is 0.115 e. The largest absolute Gasteiger partial charge is 0.257 e. The van der Waals surface area contributed by atoms with Gasteiger partial charge in [-0.2, -0.15) is 0 Å². The van der Waals surface area contributed by atoms with Crippen LogP contribution in [0.4, 0.5) is 0 Å². The topological polar surface area (TPSA) is 25.8 Å². The Hall–Kier alpha value is -1.74. The highest BCUT2D eigenvalue weighted by Gasteiger charge is 1.80. The van der Waals surface area contributed by atoms with E-state index in [1.165, 1.54) is 0 Å². The maximum absolute atomic E-state index is 3.98. The third kappa shape index (κ3) is 4.33. The van der Waals surface area contributed by atoms with Gasteiger partial charge in [0.05, 0.1) is 5.69 Å². The summed E-state index contributed by atoms with van der Waals surface area (Å²) in [5.41, 5.74) is 0.924. The predicted octanol–water partition coefficient (Wildman–Crippen LogP) is 3.51. The van der Waals surface area contributed by atoms with E-state index in [0.717, 1.165) is 10.7 Å². The molecule has 0 fully saturated rings. The summed E-state index contributed by atoms with van der Waals surface area (Å²) in [6.07, 6.45) is 6.98. The number of hydrogen-bond donors (Lipinski definition) is 0. The van der Waals surface area contributed by atoms with Crippen molar-refractivity contribution in [3.05, 3.63) is 59.8 Å². The zero-order valence-corrected chi connectivity index (χ0v) is 9.15. The summed E-state index contributed by atoms with van der Waals surface area (Å²) in [5.74, 6) is 0. The Balaban J connectivity index is 0.000000151. The molecule has 0 unspecified atom stereocenters. The molecule has 0 amide bonds. The van der Waals surface area contributed by atoms with Crippen LogP contribution in [0.5, 0.6) is 0 Å². The van der Waals surface area contributed by atoms with Gasteiger partial charge in [0, 0.05) is 17.8 Å². The summed E-state index contributed by atoms with van der Waals surface area (Å²) < 4.78 is 0. The molecule has 0 aliphatic carbocycles. The van der Waals surface area contributed by atoms with Crippen molar-refractivity contribution in [1.82, 2.24) is 9.97 Å². The third-order valence-corrected chi connectivity index (χ3v) is 2.29. The molecule has 0 atom stereocenters. The first-order valence-electron chi connectivity index (χ1n) is 4.42. The van der Waals surface area contributed by atoms with E-state index in [1.54, 1.807) is 35.9 Å². The summed E-state index contributed by atoms with van der Waals surface area (Å²) in [6, 6.07) is 5.73. The van der Waals surface area contributed by atoms with Crippen molar-refractivity contribution in [2.75, 3.05) is 0 Å². The molecule has 2 aromatic heterocycles. The molecule has 0 saturated heterocycles. The Morgan fingerprint density at radius 3 is 2.27 bits per heavy atom. The molecule has 3 heteroatoms. The van der Waals surface area contributed by atoms with Crippen LogP contribution in [-0.4, -0.2) is 9.97 Å². The predicted molar refractivity (Wildman–Crippen MR) is 66.5 cm³/mol. The fourth-order valence-electron chi connectivity index (χ4n) is 0.832. The molecule has 0 aromatic carbocycles. The highest BCUT2D eigenvalue weighted by molar-refractivity contribution is 7.10. The number of nitrogens with zero attached hydrogens (tertiary/aromatic N) is 2. The molecule has 76 valence electrons. The van der Waals surface area contributed by atoms with Crippen LogP contribution in [0.25, 0.3) is 12.2 Å². The average Bonchev–Trinajstić information content (AvgIpc) is 2.84. The van der Waals surface area contributed by atoms with Gasteiger partial charge in [-0.1, -0.05) is 19.2 Å². The molecule has 0 aliphatic rings. The second kappa shape index (κ2) is 6.68. The van der Waals surface area contributed by atoms with Gasteiger partial charge in [-0.05, 0) is 24.3 Å². The Labute approximate surface area is 93.7 Å². The zero-order valence-electron chi connectivity index (χ0n) is 8.34. The van der Waals surface area contributed by atoms with Gasteiger partial charge in [-0.15, -0.1) is 11.3 Å². The van der Waals surface area contributed by atoms with Crippen LogP contribution >= 0.6 is 11.3 Å². The van der Waals surface area contributed by atoms with Gasteiger partial charge < -0.3 is 0 Å². The van der Waals surface area contributed by atoms with E-state index in [2.05, 4.69) is 23.1 Å². The molecule has 0 aliphatic heterocycles. The van der Waals surface area contributed by atoms with E-state index in [-0.39, 0.29) is 0 Å². The van der Waals surface area contributed by atoms with Gasteiger partial charge in [0.15, 0.2) is 0 Å². The Bertz CT molecular complexity index is 393. The molecule has 0 spiro atoms. The molecule has 2 heterocycles. The molecule has 0 bridgehead atoms. The minimum atomic E-state index is 0.924. The van der Waals surface area contributed by atoms with Gasteiger partial charge in [0.25, 0.3) is 0 Å². The Kier molecular flexibility index (Phi) is 5.04. The Morgan fingerprint density at radius 1 is 1.07 bits per heavy atom. The zero-order chi connectivity index (χ0) is 10.9. The number of aromatic nitrogens is 2. The first kappa shape index (κ1) is 11.3. The molecule has 0 radical (unpaired) electrons. The van der Waals surface area contributed by atoms with Crippen molar-refractivity contribution in [2.24, 2.45) is 0 Å². The van der Waals surface area contributed by atoms with Crippen LogP contribution in [0.3, 0.4) is 0 Å². The van der Waals surface area contributed by atoms with Crippen molar-refractivity contribution < 1.29 is 0 Å². The van der Waals surface area contributed by atoms with Crippen molar-refractivity contribution in [3.63, 3.8) is 0 Å². The van der Waals surface area contributed by atoms with E-state index in [9.17, 15) is 0 Å². The number of pyridine rings is 1. The van der Waals surface area contributed by atoms with Crippen LogP contribution in [0.1, 0.15) is 10.7 Å². The van der Waals surface area contributed by atoms with Crippen LogP contribution in [0, 0.1) is 0 Å². The smallest absolute Gasteiger partial charge is 0.115 e. The van der Waals surface area contributed by atoms with Crippen molar-refractivity contribution in [3.8, 4) is 0 Å². The van der Waals surface area contributed by atoms with Gasteiger partial charge in [0.1, 0.15) is 5.01 Å². The van der Waals surface area contributed by atoms with E-state index < -0.39 is 0 Å². The monoisotopic (exact) mass is 216 g/mol. The average molecular weight is 216 g/mol. The number of rotatable bonds is 2. The summed E-state index contributed by atoms with van der Waals surface area (Å²) in [5, 5.41) is 2.91. The molecular formula is C12H12N2S. The standard InChI is InChI=1S/C7H7N.C5H5NS/c1-2-7-5-3-4-6-8-7;1-2-5-6-3-4-7-5/h2-6H,1H2;2-4H,1H2. The fraction of sp³-hybridized carbons (Fsp3) is 0. The summed E-state index contributed by atoms with van der Waals surface area (Å²) in [7, 11) is 0. The van der Waals surface area contributed by atoms with E-state index >= 15 is 0 Å². The molecular weight excluding hydrogens is 204 g/mol. The van der Waals surface area contributed by atoms with Gasteiger partial charge in [-0.25, -0.2) is 4.98 Å². The summed E-state index contributed by atoms with van der Waals surface area (Å²) in [6.45, 7) is 7.12. The second-order valence-electron chi connectivity index (χ2n) is 2.53. The lowest BCUT2D eigenvalue weighted by Gasteiger charge is -1.84. The summed E-state index contributed by atoms with van der Waals surface area (Å²) >= 11 is 1.59. The first-order chi connectivity index (χ1) is 7.36. The molecule has 2 aromatic rings. The van der Waals surface area contributed by atoms with Gasteiger partial charge in [0.2, 0.25) is 0 Å². The Morgan fingerprint density at radius 2 is 1.93 bits per heavy atom. The third-order valence-electron chi connectivity index (χ3n) is 1.52. The molecule has 0 saturated carbocycles. The number of hydrogen-bond acceptors (Lipinski definition) is 3. The van der Waals surface area contributed by atoms with Crippen molar-refractivity contribution in [2.45, 2.75) is 0 Å². The molecule has 0 N–H and O–H groups in total. The van der Waals surface area contributed by atoms with Crippen LogP contribution in [0.2, 0.25) is 0 Å². The number of thiazole rings is 1. The highest BCUT2D eigenvalue weighted by Crippen LogP contribution is 2.03. The lowest BCUT2D eigenvalue weighted by Crippen LogP contribution is -1.73. The van der Waals surface area contributed by atoms with Crippen LogP contribution in [-0.2, 0) is 0 Å². The quantitative estimate of drug-likeness (QED) is 0.767. The molecule has 2 rings (SSSR count). The maximum atomic E-state index is 3.98. The lowest BCUT2D eigenvalue weighted by molar-refractivity contribution is 1.30. The molecule has 15 heavy (non-hydrogen) atoms. The second-order valence-corrected chi connectivity index (χ2v) is 3.46. The lowest BCUT2D eigenvalue weighted by atomic mass is 10.4. The molecule has 2 nitrogen and oxygen atoms in total. The van der Waals surface area contributed by atoms with Crippen LogP contribution < -0.4 is 0 Å². The minimum absolute atomic E-state index is 0.924. The highest BCUT2D eigenvalue weighted by atomic mass is 32.1.